The zero-order valence-corrected chi connectivity index (χ0v) is 16.9. The van der Waals surface area contributed by atoms with E-state index in [1.165, 1.54) is 0 Å². The van der Waals surface area contributed by atoms with Gasteiger partial charge in [-0.15, -0.1) is 0 Å². The quantitative estimate of drug-likeness (QED) is 0.330. The highest BCUT2D eigenvalue weighted by atomic mass is 16.4. The Kier molecular flexibility index (Phi) is 9.18. The highest BCUT2D eigenvalue weighted by Crippen LogP contribution is 2.05. The van der Waals surface area contributed by atoms with Crippen LogP contribution in [-0.2, 0) is 32.0 Å². The van der Waals surface area contributed by atoms with Crippen molar-refractivity contribution < 1.29 is 24.3 Å². The topological polar surface area (TPSA) is 151 Å². The molecule has 0 aromatic heterocycles. The Morgan fingerprint density at radius 3 is 1.74 bits per heavy atom. The molecule has 9 nitrogen and oxygen atoms in total. The average Bonchev–Trinajstić information content (AvgIpc) is 2.77. The van der Waals surface area contributed by atoms with Crippen LogP contribution in [0.2, 0.25) is 0 Å². The van der Waals surface area contributed by atoms with E-state index >= 15 is 0 Å². The van der Waals surface area contributed by atoms with Crippen LogP contribution in [0.4, 0.5) is 0 Å². The normalized spacial score (nSPS) is 12.3. The molecule has 0 saturated heterocycles. The Hall–Kier alpha value is -3.72. The van der Waals surface area contributed by atoms with E-state index in [4.69, 9.17) is 5.73 Å². The molecule has 0 aliphatic heterocycles. The highest BCUT2D eigenvalue weighted by molar-refractivity contribution is 5.92. The lowest BCUT2D eigenvalue weighted by Crippen LogP contribution is -2.52. The Morgan fingerprint density at radius 1 is 0.774 bits per heavy atom. The first-order chi connectivity index (χ1) is 14.9. The Bertz CT molecular complexity index is 889. The van der Waals surface area contributed by atoms with Gasteiger partial charge < -0.3 is 26.8 Å². The van der Waals surface area contributed by atoms with E-state index in [0.717, 1.165) is 11.1 Å². The fraction of sp³-hybridized carbons (Fsp3) is 0.273. The van der Waals surface area contributed by atoms with Gasteiger partial charge in [0.25, 0.3) is 0 Å². The van der Waals surface area contributed by atoms with Gasteiger partial charge in [0.1, 0.15) is 12.1 Å². The third-order valence-electron chi connectivity index (χ3n) is 4.46. The molecule has 0 spiro atoms. The van der Waals surface area contributed by atoms with Crippen LogP contribution in [0.3, 0.4) is 0 Å². The van der Waals surface area contributed by atoms with Crippen LogP contribution >= 0.6 is 0 Å². The molecular weight excluding hydrogens is 400 g/mol. The lowest BCUT2D eigenvalue weighted by molar-refractivity contribution is -0.141. The third-order valence-corrected chi connectivity index (χ3v) is 4.46. The maximum absolute atomic E-state index is 12.6. The molecule has 31 heavy (non-hydrogen) atoms. The van der Waals surface area contributed by atoms with E-state index < -0.39 is 42.3 Å². The Morgan fingerprint density at radius 2 is 1.26 bits per heavy atom. The number of benzene rings is 2. The number of carbonyl (C=O) groups is 4. The van der Waals surface area contributed by atoms with Crippen LogP contribution in [-0.4, -0.2) is 54.0 Å². The van der Waals surface area contributed by atoms with Gasteiger partial charge in [-0.1, -0.05) is 60.7 Å². The predicted octanol–water partition coefficient (Wildman–Crippen LogP) is -0.399. The van der Waals surface area contributed by atoms with Crippen LogP contribution in [0.25, 0.3) is 0 Å². The summed E-state index contributed by atoms with van der Waals surface area (Å²) in [4.78, 5) is 47.9. The minimum Gasteiger partial charge on any atom is -0.480 e. The van der Waals surface area contributed by atoms with Crippen LogP contribution in [0, 0.1) is 0 Å². The van der Waals surface area contributed by atoms with Crippen molar-refractivity contribution in [1.29, 1.82) is 0 Å². The number of carbonyl (C=O) groups excluding carboxylic acids is 3. The summed E-state index contributed by atoms with van der Waals surface area (Å²) in [5.74, 6) is -2.91. The van der Waals surface area contributed by atoms with Gasteiger partial charge in [-0.05, 0) is 11.1 Å². The van der Waals surface area contributed by atoms with E-state index in [-0.39, 0.29) is 19.4 Å². The monoisotopic (exact) mass is 426 g/mol. The zero-order chi connectivity index (χ0) is 22.6. The fourth-order valence-corrected chi connectivity index (χ4v) is 2.90. The molecule has 2 aromatic carbocycles. The molecule has 0 aliphatic rings. The van der Waals surface area contributed by atoms with Gasteiger partial charge in [0, 0.05) is 12.8 Å². The molecule has 0 bridgehead atoms. The molecule has 6 N–H and O–H groups in total. The van der Waals surface area contributed by atoms with Gasteiger partial charge >= 0.3 is 5.97 Å². The second kappa shape index (κ2) is 12.1. The standard InChI is InChI=1S/C22H26N4O5/c23-13-19(27)25-17(11-15-7-3-1-4-8-15)21(29)24-14-20(28)26-18(22(30)31)12-16-9-5-2-6-10-16/h1-10,17-18H,11-14,23H2,(H,24,29)(H,25,27)(H,26,28)(H,30,31). The van der Waals surface area contributed by atoms with Crippen LogP contribution < -0.4 is 21.7 Å². The molecule has 3 amide bonds. The Balaban J connectivity index is 1.93. The summed E-state index contributed by atoms with van der Waals surface area (Å²) in [6.45, 7) is -0.708. The maximum Gasteiger partial charge on any atom is 0.326 e. The summed E-state index contributed by atoms with van der Waals surface area (Å²) in [5, 5.41) is 16.7. The summed E-state index contributed by atoms with van der Waals surface area (Å²) < 4.78 is 0. The van der Waals surface area contributed by atoms with Crippen LogP contribution in [0.5, 0.6) is 0 Å². The van der Waals surface area contributed by atoms with E-state index in [9.17, 15) is 24.3 Å². The third kappa shape index (κ3) is 8.27. The van der Waals surface area contributed by atoms with Crippen LogP contribution in [0.15, 0.2) is 60.7 Å². The summed E-state index contributed by atoms with van der Waals surface area (Å²) in [6.07, 6.45) is 0.324. The zero-order valence-electron chi connectivity index (χ0n) is 16.9. The van der Waals surface area contributed by atoms with Gasteiger partial charge in [-0.2, -0.15) is 0 Å². The molecule has 0 heterocycles. The van der Waals surface area contributed by atoms with E-state index in [1.54, 1.807) is 36.4 Å². The summed E-state index contributed by atoms with van der Waals surface area (Å²) in [7, 11) is 0. The van der Waals surface area contributed by atoms with E-state index in [0.29, 0.717) is 0 Å². The molecule has 0 radical (unpaired) electrons. The van der Waals surface area contributed by atoms with Crippen LogP contribution in [0.1, 0.15) is 11.1 Å². The lowest BCUT2D eigenvalue weighted by Gasteiger charge is -2.19. The number of carboxylic acids is 1. The first-order valence-corrected chi connectivity index (χ1v) is 9.76. The van der Waals surface area contributed by atoms with Crippen molar-refractivity contribution in [1.82, 2.24) is 16.0 Å². The van der Waals surface area contributed by atoms with Crippen molar-refractivity contribution in [3.8, 4) is 0 Å². The number of hydrogen-bond donors (Lipinski definition) is 5. The second-order valence-corrected chi connectivity index (χ2v) is 6.88. The van der Waals surface area contributed by atoms with Gasteiger partial charge in [0.2, 0.25) is 17.7 Å². The van der Waals surface area contributed by atoms with Crippen molar-refractivity contribution in [3.63, 3.8) is 0 Å². The number of nitrogens with one attached hydrogen (secondary N) is 3. The van der Waals surface area contributed by atoms with Crippen molar-refractivity contribution >= 4 is 23.7 Å². The predicted molar refractivity (Wildman–Crippen MR) is 114 cm³/mol. The summed E-state index contributed by atoms with van der Waals surface area (Å²) in [5.41, 5.74) is 6.89. The number of hydrogen-bond acceptors (Lipinski definition) is 5. The fourth-order valence-electron chi connectivity index (χ4n) is 2.90. The van der Waals surface area contributed by atoms with Gasteiger partial charge in [0.15, 0.2) is 0 Å². The van der Waals surface area contributed by atoms with Crippen molar-refractivity contribution in [2.24, 2.45) is 5.73 Å². The molecule has 2 rings (SSSR count). The molecular formula is C22H26N4O5. The number of carboxylic acid groups (broad SMARTS) is 1. The van der Waals surface area contributed by atoms with Crippen molar-refractivity contribution in [3.05, 3.63) is 71.8 Å². The highest BCUT2D eigenvalue weighted by Gasteiger charge is 2.23. The lowest BCUT2D eigenvalue weighted by atomic mass is 10.1. The maximum atomic E-state index is 12.6. The molecule has 2 aromatic rings. The molecule has 164 valence electrons. The van der Waals surface area contributed by atoms with Crippen molar-refractivity contribution in [2.45, 2.75) is 24.9 Å². The van der Waals surface area contributed by atoms with Gasteiger partial charge in [0.05, 0.1) is 13.1 Å². The number of nitrogens with two attached hydrogens (primary N) is 1. The smallest absolute Gasteiger partial charge is 0.326 e. The molecule has 2 unspecified atom stereocenters. The second-order valence-electron chi connectivity index (χ2n) is 6.88. The van der Waals surface area contributed by atoms with E-state index in [1.807, 2.05) is 24.3 Å². The minimum atomic E-state index is -1.18. The average molecular weight is 426 g/mol. The molecule has 2 atom stereocenters. The van der Waals surface area contributed by atoms with Gasteiger partial charge in [-0.3, -0.25) is 14.4 Å². The molecule has 0 fully saturated rings. The summed E-state index contributed by atoms with van der Waals surface area (Å²) in [6, 6.07) is 15.9. The molecule has 0 saturated carbocycles. The molecule has 9 heteroatoms. The SMILES string of the molecule is NCC(=O)NC(Cc1ccccc1)C(=O)NCC(=O)NC(Cc1ccccc1)C(=O)O. The van der Waals surface area contributed by atoms with Crippen molar-refractivity contribution in [2.75, 3.05) is 13.1 Å². The summed E-state index contributed by atoms with van der Waals surface area (Å²) >= 11 is 0. The number of aliphatic carboxylic acids is 1. The van der Waals surface area contributed by atoms with Gasteiger partial charge in [-0.25, -0.2) is 4.79 Å². The first-order valence-electron chi connectivity index (χ1n) is 9.76. The number of amides is 3. The number of rotatable bonds is 11. The van der Waals surface area contributed by atoms with E-state index in [2.05, 4.69) is 16.0 Å². The first kappa shape index (κ1) is 23.6. The molecule has 0 aliphatic carbocycles. The largest absolute Gasteiger partial charge is 0.480 e. The minimum absolute atomic E-state index is 0.110. The Labute approximate surface area is 180 Å².